The van der Waals surface area contributed by atoms with Crippen LogP contribution < -0.4 is 0 Å². The molecular formula is C21H24F3N5O3. The molecule has 0 saturated heterocycles. The summed E-state index contributed by atoms with van der Waals surface area (Å²) in [6.07, 6.45) is 2.64. The summed E-state index contributed by atoms with van der Waals surface area (Å²) in [4.78, 5) is 33.4. The molecule has 8 nitrogen and oxygen atoms in total. The first-order valence-electron chi connectivity index (χ1n) is 10.6. The molecule has 11 heteroatoms. The minimum absolute atomic E-state index is 0.0649. The molecule has 2 aromatic rings. The normalized spacial score (nSPS) is 21.3. The Balaban J connectivity index is 1.49. The highest BCUT2D eigenvalue weighted by Crippen LogP contribution is 2.36. The van der Waals surface area contributed by atoms with Gasteiger partial charge in [-0.25, -0.2) is 9.97 Å². The summed E-state index contributed by atoms with van der Waals surface area (Å²) in [5, 5.41) is 13.0. The Labute approximate surface area is 182 Å². The van der Waals surface area contributed by atoms with Crippen molar-refractivity contribution in [3.05, 3.63) is 41.2 Å². The molecule has 0 radical (unpaired) electrons. The lowest BCUT2D eigenvalue weighted by molar-refractivity contribution is -0.143. The van der Waals surface area contributed by atoms with Crippen molar-refractivity contribution < 1.29 is 27.9 Å². The number of nitrogens with zero attached hydrogens (tertiary/aromatic N) is 5. The van der Waals surface area contributed by atoms with Crippen molar-refractivity contribution in [2.45, 2.75) is 57.8 Å². The molecule has 3 heterocycles. The number of halogens is 3. The number of alkyl halides is 3. The fraction of sp³-hybridized carbons (Fsp3) is 0.571. The third-order valence-corrected chi connectivity index (χ3v) is 6.37. The molecule has 0 atom stereocenters. The molecular weight excluding hydrogens is 427 g/mol. The Bertz CT molecular complexity index is 985. The van der Waals surface area contributed by atoms with Crippen LogP contribution in [0.3, 0.4) is 0 Å². The molecule has 0 bridgehead atoms. The minimum atomic E-state index is -4.57. The van der Waals surface area contributed by atoms with Crippen molar-refractivity contribution in [3.63, 3.8) is 0 Å². The highest BCUT2D eigenvalue weighted by Gasteiger charge is 2.41. The standard InChI is InChI=1S/C21H24F3N5O3/c22-21(23,24)19-16-5-6-28(18(30)7-13-1-3-15(4-2-13)20(31)32)11-17(16)29(27-19)10-14-8-25-12-26-9-14/h8-9,12-13,15H,1-7,10-11H2,(H,31,32). The molecule has 1 saturated carbocycles. The van der Waals surface area contributed by atoms with Crippen LogP contribution in [-0.4, -0.2) is 48.2 Å². The van der Waals surface area contributed by atoms with Crippen LogP contribution in [-0.2, 0) is 35.3 Å². The van der Waals surface area contributed by atoms with E-state index in [4.69, 9.17) is 5.11 Å². The monoisotopic (exact) mass is 451 g/mol. The number of carbonyl (C=O) groups is 2. The Morgan fingerprint density at radius 1 is 1.12 bits per heavy atom. The Morgan fingerprint density at radius 3 is 2.44 bits per heavy atom. The first kappa shape index (κ1) is 22.2. The first-order chi connectivity index (χ1) is 15.2. The topological polar surface area (TPSA) is 101 Å². The molecule has 1 N–H and O–H groups in total. The summed E-state index contributed by atoms with van der Waals surface area (Å²) >= 11 is 0. The van der Waals surface area contributed by atoms with Crippen LogP contribution in [0.2, 0.25) is 0 Å². The number of hydrogen-bond donors (Lipinski definition) is 1. The van der Waals surface area contributed by atoms with E-state index in [1.165, 1.54) is 23.4 Å². The number of carboxylic acid groups (broad SMARTS) is 1. The van der Waals surface area contributed by atoms with E-state index in [0.29, 0.717) is 36.9 Å². The molecule has 0 unspecified atom stereocenters. The predicted molar refractivity (Wildman–Crippen MR) is 105 cm³/mol. The second-order valence-corrected chi connectivity index (χ2v) is 8.50. The zero-order valence-electron chi connectivity index (χ0n) is 17.4. The molecule has 2 aliphatic rings. The van der Waals surface area contributed by atoms with Crippen LogP contribution in [0.25, 0.3) is 0 Å². The summed E-state index contributed by atoms with van der Waals surface area (Å²) in [7, 11) is 0. The third-order valence-electron chi connectivity index (χ3n) is 6.37. The lowest BCUT2D eigenvalue weighted by Crippen LogP contribution is -2.38. The molecule has 1 aliphatic heterocycles. The quantitative estimate of drug-likeness (QED) is 0.750. The predicted octanol–water partition coefficient (Wildman–Crippen LogP) is 2.91. The third kappa shape index (κ3) is 4.76. The fourth-order valence-electron chi connectivity index (χ4n) is 4.63. The average Bonchev–Trinajstić information content (AvgIpc) is 3.13. The molecule has 1 amide bonds. The van der Waals surface area contributed by atoms with Gasteiger partial charge < -0.3 is 10.0 Å². The molecule has 1 fully saturated rings. The van der Waals surface area contributed by atoms with Gasteiger partial charge in [0.05, 0.1) is 24.7 Å². The van der Waals surface area contributed by atoms with Gasteiger partial charge in [-0.15, -0.1) is 0 Å². The highest BCUT2D eigenvalue weighted by atomic mass is 19.4. The van der Waals surface area contributed by atoms with Crippen LogP contribution in [0.4, 0.5) is 13.2 Å². The fourth-order valence-corrected chi connectivity index (χ4v) is 4.63. The zero-order valence-corrected chi connectivity index (χ0v) is 17.4. The van der Waals surface area contributed by atoms with E-state index >= 15 is 0 Å². The maximum atomic E-state index is 13.6. The van der Waals surface area contributed by atoms with Crippen molar-refractivity contribution in [2.75, 3.05) is 6.54 Å². The van der Waals surface area contributed by atoms with Crippen LogP contribution in [0.5, 0.6) is 0 Å². The zero-order chi connectivity index (χ0) is 22.9. The van der Waals surface area contributed by atoms with Gasteiger partial charge in [0.2, 0.25) is 5.91 Å². The maximum absolute atomic E-state index is 13.6. The van der Waals surface area contributed by atoms with E-state index in [-0.39, 0.29) is 55.8 Å². The van der Waals surface area contributed by atoms with Crippen molar-refractivity contribution >= 4 is 11.9 Å². The Hall–Kier alpha value is -2.98. The molecule has 4 rings (SSSR count). The number of carboxylic acids is 1. The number of aromatic nitrogens is 4. The van der Waals surface area contributed by atoms with Gasteiger partial charge in [0.1, 0.15) is 6.33 Å². The first-order valence-corrected chi connectivity index (χ1v) is 10.6. The van der Waals surface area contributed by atoms with Gasteiger partial charge >= 0.3 is 12.1 Å². The highest BCUT2D eigenvalue weighted by molar-refractivity contribution is 5.77. The summed E-state index contributed by atoms with van der Waals surface area (Å²) in [6, 6.07) is 0. The molecule has 2 aromatic heterocycles. The van der Waals surface area contributed by atoms with Crippen LogP contribution in [0, 0.1) is 11.8 Å². The second kappa shape index (κ2) is 8.87. The van der Waals surface area contributed by atoms with E-state index in [1.807, 2.05) is 0 Å². The number of amides is 1. The van der Waals surface area contributed by atoms with Crippen molar-refractivity contribution in [3.8, 4) is 0 Å². The summed E-state index contributed by atoms with van der Waals surface area (Å²) in [5.74, 6) is -1.15. The van der Waals surface area contributed by atoms with Gasteiger partial charge in [-0.3, -0.25) is 14.3 Å². The summed E-state index contributed by atoms with van der Waals surface area (Å²) in [6.45, 7) is 0.357. The maximum Gasteiger partial charge on any atom is 0.435 e. The van der Waals surface area contributed by atoms with Gasteiger partial charge in [-0.1, -0.05) is 0 Å². The van der Waals surface area contributed by atoms with E-state index in [0.717, 1.165) is 0 Å². The summed E-state index contributed by atoms with van der Waals surface area (Å²) < 4.78 is 42.0. The van der Waals surface area contributed by atoms with Crippen molar-refractivity contribution in [1.29, 1.82) is 0 Å². The smallest absolute Gasteiger partial charge is 0.435 e. The van der Waals surface area contributed by atoms with Crippen molar-refractivity contribution in [2.24, 2.45) is 11.8 Å². The van der Waals surface area contributed by atoms with Gasteiger partial charge in [-0.2, -0.15) is 18.3 Å². The molecule has 1 aliphatic carbocycles. The number of carbonyl (C=O) groups excluding carboxylic acids is 1. The minimum Gasteiger partial charge on any atom is -0.481 e. The number of fused-ring (bicyclic) bond motifs is 1. The average molecular weight is 451 g/mol. The van der Waals surface area contributed by atoms with Gasteiger partial charge in [0, 0.05) is 36.5 Å². The summed E-state index contributed by atoms with van der Waals surface area (Å²) in [5.41, 5.74) is 0.240. The molecule has 32 heavy (non-hydrogen) atoms. The van der Waals surface area contributed by atoms with Crippen LogP contribution >= 0.6 is 0 Å². The number of aliphatic carboxylic acids is 1. The lowest BCUT2D eigenvalue weighted by atomic mass is 9.80. The van der Waals surface area contributed by atoms with Gasteiger partial charge in [0.25, 0.3) is 0 Å². The Morgan fingerprint density at radius 2 is 1.81 bits per heavy atom. The van der Waals surface area contributed by atoms with Crippen molar-refractivity contribution in [1.82, 2.24) is 24.6 Å². The SMILES string of the molecule is O=C(O)C1CCC(CC(=O)N2CCc3c(C(F)(F)F)nn(Cc4cncnc4)c3C2)CC1. The largest absolute Gasteiger partial charge is 0.481 e. The van der Waals surface area contributed by atoms with Gasteiger partial charge in [-0.05, 0) is 38.0 Å². The lowest BCUT2D eigenvalue weighted by Gasteiger charge is -2.31. The number of hydrogen-bond acceptors (Lipinski definition) is 5. The van der Waals surface area contributed by atoms with Gasteiger partial charge in [0.15, 0.2) is 5.69 Å². The number of rotatable bonds is 5. The van der Waals surface area contributed by atoms with Crippen LogP contribution in [0.15, 0.2) is 18.7 Å². The molecule has 0 spiro atoms. The van der Waals surface area contributed by atoms with E-state index in [1.54, 1.807) is 4.90 Å². The van der Waals surface area contributed by atoms with E-state index < -0.39 is 17.8 Å². The van der Waals surface area contributed by atoms with E-state index in [2.05, 4.69) is 15.1 Å². The Kier molecular flexibility index (Phi) is 6.16. The molecule has 172 valence electrons. The second-order valence-electron chi connectivity index (χ2n) is 8.50. The van der Waals surface area contributed by atoms with Crippen LogP contribution in [0.1, 0.15) is 54.6 Å². The van der Waals surface area contributed by atoms with E-state index in [9.17, 15) is 22.8 Å². The molecule has 0 aromatic carbocycles.